The maximum atomic E-state index is 12.6. The Kier molecular flexibility index (Phi) is 3.76. The molecule has 24 heavy (non-hydrogen) atoms. The lowest BCUT2D eigenvalue weighted by Crippen LogP contribution is -2.12. The van der Waals surface area contributed by atoms with E-state index in [9.17, 15) is 4.79 Å². The molecule has 1 aromatic carbocycles. The molecule has 1 amide bonds. The van der Waals surface area contributed by atoms with Crippen molar-refractivity contribution in [1.29, 1.82) is 0 Å². The minimum absolute atomic E-state index is 0.304. The predicted octanol–water partition coefficient (Wildman–Crippen LogP) is 4.86. The van der Waals surface area contributed by atoms with E-state index in [-0.39, 0.29) is 5.91 Å². The average molecular weight is 356 g/mol. The standard InChI is InChI=1S/C17H10ClN3O2S/c18-11-7-10-3-1-5-19-15(10)12(8-11)16(22)21-17-20-13(9-24-17)14-4-2-6-23-14/h1-9H,(H,20,21,22). The van der Waals surface area contributed by atoms with E-state index in [2.05, 4.69) is 15.3 Å². The summed E-state index contributed by atoms with van der Waals surface area (Å²) in [6.45, 7) is 0. The van der Waals surface area contributed by atoms with E-state index < -0.39 is 0 Å². The quantitative estimate of drug-likeness (QED) is 0.570. The summed E-state index contributed by atoms with van der Waals surface area (Å²) in [5.74, 6) is 0.350. The van der Waals surface area contributed by atoms with Gasteiger partial charge in [-0.3, -0.25) is 15.1 Å². The molecular weight excluding hydrogens is 346 g/mol. The number of fused-ring (bicyclic) bond motifs is 1. The molecule has 3 heterocycles. The van der Waals surface area contributed by atoms with Crippen LogP contribution in [0.5, 0.6) is 0 Å². The summed E-state index contributed by atoms with van der Waals surface area (Å²) in [5, 5.41) is 6.39. The first-order valence-electron chi connectivity index (χ1n) is 7.06. The van der Waals surface area contributed by atoms with Crippen LogP contribution >= 0.6 is 22.9 Å². The number of aromatic nitrogens is 2. The minimum Gasteiger partial charge on any atom is -0.463 e. The second-order valence-electron chi connectivity index (χ2n) is 5.00. The number of rotatable bonds is 3. The Hall–Kier alpha value is -2.70. The van der Waals surface area contributed by atoms with Crippen molar-refractivity contribution in [1.82, 2.24) is 9.97 Å². The van der Waals surface area contributed by atoms with Crippen LogP contribution in [0, 0.1) is 0 Å². The first-order valence-corrected chi connectivity index (χ1v) is 8.31. The van der Waals surface area contributed by atoms with Crippen molar-refractivity contribution in [2.24, 2.45) is 0 Å². The number of pyridine rings is 1. The van der Waals surface area contributed by atoms with Gasteiger partial charge >= 0.3 is 0 Å². The minimum atomic E-state index is -0.304. The number of nitrogens with one attached hydrogen (secondary N) is 1. The van der Waals surface area contributed by atoms with Gasteiger partial charge in [-0.2, -0.15) is 0 Å². The van der Waals surface area contributed by atoms with Gasteiger partial charge in [0.05, 0.1) is 17.3 Å². The van der Waals surface area contributed by atoms with Gasteiger partial charge in [0.25, 0.3) is 5.91 Å². The van der Waals surface area contributed by atoms with Gasteiger partial charge in [-0.25, -0.2) is 4.98 Å². The normalized spacial score (nSPS) is 10.9. The molecule has 3 aromatic heterocycles. The van der Waals surface area contributed by atoms with E-state index in [1.165, 1.54) is 11.3 Å². The van der Waals surface area contributed by atoms with Gasteiger partial charge in [-0.05, 0) is 30.3 Å². The number of thiazole rings is 1. The molecule has 0 radical (unpaired) electrons. The molecule has 0 aliphatic heterocycles. The molecule has 4 rings (SSSR count). The highest BCUT2D eigenvalue weighted by atomic mass is 35.5. The number of benzene rings is 1. The lowest BCUT2D eigenvalue weighted by atomic mass is 10.1. The van der Waals surface area contributed by atoms with Gasteiger partial charge in [0.2, 0.25) is 0 Å². The van der Waals surface area contributed by atoms with Gasteiger partial charge in [0, 0.05) is 22.0 Å². The zero-order valence-electron chi connectivity index (χ0n) is 12.2. The van der Waals surface area contributed by atoms with Gasteiger partial charge in [-0.15, -0.1) is 11.3 Å². The van der Waals surface area contributed by atoms with E-state index in [1.807, 2.05) is 17.5 Å². The molecule has 0 unspecified atom stereocenters. The molecule has 0 aliphatic rings. The number of furan rings is 1. The van der Waals surface area contributed by atoms with Crippen molar-refractivity contribution in [3.63, 3.8) is 0 Å². The van der Waals surface area contributed by atoms with Crippen LogP contribution in [0.1, 0.15) is 10.4 Å². The molecule has 1 N–H and O–H groups in total. The second kappa shape index (κ2) is 6.07. The first kappa shape index (κ1) is 14.9. The van der Waals surface area contributed by atoms with Crippen molar-refractivity contribution in [2.75, 3.05) is 5.32 Å². The van der Waals surface area contributed by atoms with Crippen molar-refractivity contribution in [3.05, 3.63) is 64.8 Å². The molecule has 118 valence electrons. The Labute approximate surface area is 145 Å². The number of hydrogen-bond acceptors (Lipinski definition) is 5. The Morgan fingerprint density at radius 2 is 2.17 bits per heavy atom. The topological polar surface area (TPSA) is 68.0 Å². The van der Waals surface area contributed by atoms with Gasteiger partial charge in [0.1, 0.15) is 5.69 Å². The van der Waals surface area contributed by atoms with E-state index in [0.29, 0.717) is 32.7 Å². The zero-order chi connectivity index (χ0) is 16.5. The lowest BCUT2D eigenvalue weighted by molar-refractivity contribution is 0.102. The highest BCUT2D eigenvalue weighted by Crippen LogP contribution is 2.27. The zero-order valence-corrected chi connectivity index (χ0v) is 13.8. The van der Waals surface area contributed by atoms with Crippen LogP contribution in [-0.4, -0.2) is 15.9 Å². The second-order valence-corrected chi connectivity index (χ2v) is 6.29. The third-order valence-corrected chi connectivity index (χ3v) is 4.39. The molecule has 0 saturated heterocycles. The summed E-state index contributed by atoms with van der Waals surface area (Å²) in [7, 11) is 0. The molecule has 0 saturated carbocycles. The third-order valence-electron chi connectivity index (χ3n) is 3.41. The number of carbonyl (C=O) groups excluding carboxylic acids is 1. The number of anilines is 1. The number of halogens is 1. The predicted molar refractivity (Wildman–Crippen MR) is 94.5 cm³/mol. The van der Waals surface area contributed by atoms with Crippen LogP contribution in [0.2, 0.25) is 5.02 Å². The SMILES string of the molecule is O=C(Nc1nc(-c2ccco2)cs1)c1cc(Cl)cc2cccnc12. The highest BCUT2D eigenvalue weighted by molar-refractivity contribution is 7.14. The summed E-state index contributed by atoms with van der Waals surface area (Å²) in [5.41, 5.74) is 1.68. The maximum Gasteiger partial charge on any atom is 0.259 e. The monoisotopic (exact) mass is 355 g/mol. The number of carbonyl (C=O) groups is 1. The first-order chi connectivity index (χ1) is 11.7. The molecule has 0 atom stereocenters. The Bertz CT molecular complexity index is 1030. The molecule has 0 spiro atoms. The van der Waals surface area contributed by atoms with Gasteiger partial charge < -0.3 is 4.42 Å². The van der Waals surface area contributed by atoms with Gasteiger partial charge in [0.15, 0.2) is 10.9 Å². The summed E-state index contributed by atoms with van der Waals surface area (Å²) >= 11 is 7.43. The van der Waals surface area contributed by atoms with Crippen LogP contribution in [0.15, 0.2) is 58.7 Å². The van der Waals surface area contributed by atoms with Gasteiger partial charge in [-0.1, -0.05) is 17.7 Å². The Morgan fingerprint density at radius 1 is 1.25 bits per heavy atom. The molecule has 0 fully saturated rings. The summed E-state index contributed by atoms with van der Waals surface area (Å²) in [6, 6.07) is 10.7. The fourth-order valence-electron chi connectivity index (χ4n) is 2.36. The molecule has 7 heteroatoms. The smallest absolute Gasteiger partial charge is 0.259 e. The Morgan fingerprint density at radius 3 is 3.00 bits per heavy atom. The van der Waals surface area contributed by atoms with Crippen molar-refractivity contribution in [3.8, 4) is 11.5 Å². The fraction of sp³-hybridized carbons (Fsp3) is 0. The van der Waals surface area contributed by atoms with Crippen LogP contribution in [0.3, 0.4) is 0 Å². The van der Waals surface area contributed by atoms with Crippen molar-refractivity contribution >= 4 is 44.9 Å². The van der Waals surface area contributed by atoms with Crippen LogP contribution in [0.4, 0.5) is 5.13 Å². The van der Waals surface area contributed by atoms with Crippen LogP contribution < -0.4 is 5.32 Å². The Balaban J connectivity index is 1.65. The average Bonchev–Trinajstić information content (AvgIpc) is 3.25. The van der Waals surface area contributed by atoms with E-state index in [0.717, 1.165) is 5.39 Å². The molecular formula is C17H10ClN3O2S. The molecule has 0 aliphatic carbocycles. The van der Waals surface area contributed by atoms with Crippen molar-refractivity contribution < 1.29 is 9.21 Å². The number of nitrogens with zero attached hydrogens (tertiary/aromatic N) is 2. The van der Waals surface area contributed by atoms with E-state index in [1.54, 1.807) is 36.7 Å². The molecule has 0 bridgehead atoms. The summed E-state index contributed by atoms with van der Waals surface area (Å²) in [4.78, 5) is 21.2. The van der Waals surface area contributed by atoms with Crippen molar-refractivity contribution in [2.45, 2.75) is 0 Å². The van der Waals surface area contributed by atoms with E-state index in [4.69, 9.17) is 16.0 Å². The number of hydrogen-bond donors (Lipinski definition) is 1. The fourth-order valence-corrected chi connectivity index (χ4v) is 3.28. The van der Waals surface area contributed by atoms with Crippen LogP contribution in [-0.2, 0) is 0 Å². The maximum absolute atomic E-state index is 12.6. The highest BCUT2D eigenvalue weighted by Gasteiger charge is 2.15. The summed E-state index contributed by atoms with van der Waals surface area (Å²) < 4.78 is 5.30. The third kappa shape index (κ3) is 2.77. The lowest BCUT2D eigenvalue weighted by Gasteiger charge is -2.06. The summed E-state index contributed by atoms with van der Waals surface area (Å²) in [6.07, 6.45) is 3.22. The molecule has 4 aromatic rings. The largest absolute Gasteiger partial charge is 0.463 e. The number of amides is 1. The van der Waals surface area contributed by atoms with E-state index >= 15 is 0 Å². The van der Waals surface area contributed by atoms with Crippen LogP contribution in [0.25, 0.3) is 22.4 Å². The molecule has 5 nitrogen and oxygen atoms in total.